The summed E-state index contributed by atoms with van der Waals surface area (Å²) in [6, 6.07) is 26.0. The number of ether oxygens (including phenoxy) is 1. The third-order valence-corrected chi connectivity index (χ3v) is 4.67. The Morgan fingerprint density at radius 3 is 2.33 bits per heavy atom. The first kappa shape index (κ1) is 16.9. The lowest BCUT2D eigenvalue weighted by atomic mass is 10.1. The topological polar surface area (TPSA) is 64.0 Å². The molecule has 0 aliphatic carbocycles. The predicted octanol–water partition coefficient (Wildman–Crippen LogP) is 5.07. The molecule has 0 aliphatic rings. The molecule has 3 aromatic carbocycles. The van der Waals surface area contributed by atoms with Gasteiger partial charge in [-0.25, -0.2) is 0 Å². The van der Waals surface area contributed by atoms with Crippen molar-refractivity contribution >= 4 is 16.7 Å². The van der Waals surface area contributed by atoms with E-state index in [4.69, 9.17) is 15.9 Å². The number of aromatic nitrogens is 1. The average molecular weight is 355 g/mol. The summed E-state index contributed by atoms with van der Waals surface area (Å²) in [5.74, 6) is 1.73. The number of nitrogens with zero attached hydrogens (tertiary/aromatic N) is 1. The van der Waals surface area contributed by atoms with Gasteiger partial charge in [0.05, 0.1) is 0 Å². The number of nitrogen functional groups attached to an aromatic ring is 1. The Hall–Kier alpha value is -3.53. The molecule has 0 fully saturated rings. The van der Waals surface area contributed by atoms with E-state index in [2.05, 4.69) is 29.7 Å². The molecule has 0 atom stereocenters. The largest absolute Gasteiger partial charge is 0.457 e. The lowest BCUT2D eigenvalue weighted by Crippen LogP contribution is -2.11. The van der Waals surface area contributed by atoms with Crippen LogP contribution in [-0.4, -0.2) is 10.4 Å². The molecule has 134 valence electrons. The fourth-order valence-corrected chi connectivity index (χ4v) is 3.24. The molecule has 1 aromatic heterocycles. The van der Waals surface area contributed by atoms with Crippen molar-refractivity contribution in [2.24, 2.45) is 5.73 Å². The maximum absolute atomic E-state index is 7.68. The number of fused-ring (bicyclic) bond motifs is 1. The minimum absolute atomic E-state index is 0.0877. The molecule has 4 aromatic rings. The maximum atomic E-state index is 7.68. The Bertz CT molecular complexity index is 1100. The van der Waals surface area contributed by atoms with Crippen LogP contribution in [0.1, 0.15) is 16.8 Å². The van der Waals surface area contributed by atoms with E-state index in [-0.39, 0.29) is 5.84 Å². The Kier molecular flexibility index (Phi) is 4.38. The Morgan fingerprint density at radius 1 is 0.926 bits per heavy atom. The van der Waals surface area contributed by atoms with E-state index in [0.717, 1.165) is 34.5 Å². The zero-order valence-electron chi connectivity index (χ0n) is 15.1. The van der Waals surface area contributed by atoms with Gasteiger partial charge in [-0.2, -0.15) is 0 Å². The van der Waals surface area contributed by atoms with E-state index in [9.17, 15) is 0 Å². The van der Waals surface area contributed by atoms with Crippen molar-refractivity contribution in [1.29, 1.82) is 5.41 Å². The van der Waals surface area contributed by atoms with Gasteiger partial charge in [0.15, 0.2) is 0 Å². The average Bonchev–Trinajstić information content (AvgIpc) is 2.99. The van der Waals surface area contributed by atoms with Crippen LogP contribution in [0.2, 0.25) is 0 Å². The third kappa shape index (κ3) is 3.55. The fraction of sp³-hybridized carbons (Fsp3) is 0.0870. The summed E-state index contributed by atoms with van der Waals surface area (Å²) in [5.41, 5.74) is 9.85. The van der Waals surface area contributed by atoms with Crippen LogP contribution >= 0.6 is 0 Å². The highest BCUT2D eigenvalue weighted by Gasteiger charge is 2.08. The first-order valence-corrected chi connectivity index (χ1v) is 8.86. The summed E-state index contributed by atoms with van der Waals surface area (Å²) in [4.78, 5) is 0. The highest BCUT2D eigenvalue weighted by Crippen LogP contribution is 2.24. The summed E-state index contributed by atoms with van der Waals surface area (Å²) in [6.07, 6.45) is 0. The van der Waals surface area contributed by atoms with E-state index in [1.54, 1.807) is 0 Å². The summed E-state index contributed by atoms with van der Waals surface area (Å²) in [6.45, 7) is 2.85. The van der Waals surface area contributed by atoms with Crippen molar-refractivity contribution in [2.75, 3.05) is 0 Å². The number of benzene rings is 3. The summed E-state index contributed by atoms with van der Waals surface area (Å²) < 4.78 is 8.11. The van der Waals surface area contributed by atoms with E-state index in [1.807, 2.05) is 60.7 Å². The van der Waals surface area contributed by atoms with Gasteiger partial charge >= 0.3 is 0 Å². The molecule has 4 rings (SSSR count). The maximum Gasteiger partial charge on any atom is 0.127 e. The van der Waals surface area contributed by atoms with Gasteiger partial charge in [-0.15, -0.1) is 0 Å². The molecule has 4 heteroatoms. The summed E-state index contributed by atoms with van der Waals surface area (Å²) in [7, 11) is 0. The number of hydrogen-bond donors (Lipinski definition) is 2. The van der Waals surface area contributed by atoms with Crippen LogP contribution in [0.15, 0.2) is 78.9 Å². The van der Waals surface area contributed by atoms with Crippen LogP contribution in [0.4, 0.5) is 0 Å². The highest BCUT2D eigenvalue weighted by molar-refractivity contribution is 5.98. The van der Waals surface area contributed by atoms with Crippen LogP contribution in [0.5, 0.6) is 11.5 Å². The number of nitrogens with one attached hydrogen (secondary N) is 1. The lowest BCUT2D eigenvalue weighted by molar-refractivity contribution is 0.482. The standard InChI is InChI=1S/C23H21N3O/c1-16-13-18-9-10-19(23(24)25)14-22(18)26(16)15-17-7-11-21(12-8-17)27-20-5-3-2-4-6-20/h2-14H,15H2,1H3,(H3,24,25). The zero-order chi connectivity index (χ0) is 18.8. The van der Waals surface area contributed by atoms with Gasteiger partial charge in [-0.3, -0.25) is 5.41 Å². The first-order valence-electron chi connectivity index (χ1n) is 8.86. The molecule has 0 radical (unpaired) electrons. The quantitative estimate of drug-likeness (QED) is 0.387. The Labute approximate surface area is 158 Å². The van der Waals surface area contributed by atoms with Gasteiger partial charge in [-0.05, 0) is 54.3 Å². The second-order valence-corrected chi connectivity index (χ2v) is 6.62. The fourth-order valence-electron chi connectivity index (χ4n) is 3.24. The Morgan fingerprint density at radius 2 is 1.63 bits per heavy atom. The molecule has 0 spiro atoms. The van der Waals surface area contributed by atoms with Gasteiger partial charge < -0.3 is 15.0 Å². The molecule has 0 saturated heterocycles. The van der Waals surface area contributed by atoms with E-state index >= 15 is 0 Å². The molecule has 3 N–H and O–H groups in total. The van der Waals surface area contributed by atoms with E-state index in [0.29, 0.717) is 0 Å². The van der Waals surface area contributed by atoms with Gasteiger partial charge in [0.2, 0.25) is 0 Å². The van der Waals surface area contributed by atoms with Crippen molar-refractivity contribution in [3.05, 3.63) is 95.7 Å². The number of rotatable bonds is 5. The molecular formula is C23H21N3O. The molecule has 0 amide bonds. The van der Waals surface area contributed by atoms with Crippen LogP contribution in [0.3, 0.4) is 0 Å². The molecule has 0 aliphatic heterocycles. The summed E-state index contributed by atoms with van der Waals surface area (Å²) in [5, 5.41) is 8.83. The SMILES string of the molecule is Cc1cc2ccc(C(=N)N)cc2n1Cc1ccc(Oc2ccccc2)cc1. The summed E-state index contributed by atoms with van der Waals surface area (Å²) >= 11 is 0. The van der Waals surface area contributed by atoms with Crippen LogP contribution in [0, 0.1) is 12.3 Å². The van der Waals surface area contributed by atoms with Crippen molar-refractivity contribution in [3.8, 4) is 11.5 Å². The smallest absolute Gasteiger partial charge is 0.127 e. The van der Waals surface area contributed by atoms with Gasteiger partial charge in [0.1, 0.15) is 17.3 Å². The number of aryl methyl sites for hydroxylation is 1. The van der Waals surface area contributed by atoms with Gasteiger partial charge in [-0.1, -0.05) is 42.5 Å². The Balaban J connectivity index is 1.59. The third-order valence-electron chi connectivity index (χ3n) is 4.67. The normalized spacial score (nSPS) is 10.9. The van der Waals surface area contributed by atoms with Crippen molar-refractivity contribution < 1.29 is 4.74 Å². The molecule has 27 heavy (non-hydrogen) atoms. The minimum atomic E-state index is 0.0877. The second-order valence-electron chi connectivity index (χ2n) is 6.62. The molecule has 0 bridgehead atoms. The van der Waals surface area contributed by atoms with Crippen LogP contribution < -0.4 is 10.5 Å². The minimum Gasteiger partial charge on any atom is -0.457 e. The van der Waals surface area contributed by atoms with Crippen LogP contribution in [-0.2, 0) is 6.54 Å². The lowest BCUT2D eigenvalue weighted by Gasteiger charge is -2.11. The van der Waals surface area contributed by atoms with Crippen molar-refractivity contribution in [1.82, 2.24) is 4.57 Å². The monoisotopic (exact) mass is 355 g/mol. The van der Waals surface area contributed by atoms with E-state index < -0.39 is 0 Å². The number of para-hydroxylation sites is 1. The predicted molar refractivity (Wildman–Crippen MR) is 110 cm³/mol. The highest BCUT2D eigenvalue weighted by atomic mass is 16.5. The molecular weight excluding hydrogens is 334 g/mol. The van der Waals surface area contributed by atoms with Crippen molar-refractivity contribution in [3.63, 3.8) is 0 Å². The number of nitrogens with two attached hydrogens (primary N) is 1. The number of amidine groups is 1. The van der Waals surface area contributed by atoms with Crippen molar-refractivity contribution in [2.45, 2.75) is 13.5 Å². The molecule has 1 heterocycles. The van der Waals surface area contributed by atoms with Gasteiger partial charge in [0, 0.05) is 23.3 Å². The molecule has 4 nitrogen and oxygen atoms in total. The number of hydrogen-bond acceptors (Lipinski definition) is 2. The van der Waals surface area contributed by atoms with Crippen LogP contribution in [0.25, 0.3) is 10.9 Å². The first-order chi connectivity index (χ1) is 13.1. The molecule has 0 unspecified atom stereocenters. The second kappa shape index (κ2) is 7.00. The zero-order valence-corrected chi connectivity index (χ0v) is 15.1. The molecule has 0 saturated carbocycles. The van der Waals surface area contributed by atoms with Gasteiger partial charge in [0.25, 0.3) is 0 Å². The van der Waals surface area contributed by atoms with E-state index in [1.165, 1.54) is 11.3 Å².